The molecule has 0 N–H and O–H groups in total. The van der Waals surface area contributed by atoms with Gasteiger partial charge >= 0.3 is 0 Å². The van der Waals surface area contributed by atoms with Crippen LogP contribution >= 0.6 is 11.8 Å². The zero-order valence-electron chi connectivity index (χ0n) is 18.8. The van der Waals surface area contributed by atoms with Gasteiger partial charge in [-0.1, -0.05) is 48.2 Å². The second-order valence-corrected chi connectivity index (χ2v) is 9.31. The van der Waals surface area contributed by atoms with Crippen molar-refractivity contribution >= 4 is 28.4 Å². The fourth-order valence-corrected chi connectivity index (χ4v) is 4.80. The Morgan fingerprint density at radius 2 is 1.82 bits per heavy atom. The number of rotatable bonds is 8. The molecule has 5 rings (SSSR count). The quantitative estimate of drug-likeness (QED) is 0.346. The van der Waals surface area contributed by atoms with Crippen molar-refractivity contribution in [1.82, 2.24) is 19.7 Å². The lowest BCUT2D eigenvalue weighted by molar-refractivity contribution is -0.127. The molecule has 6 nitrogen and oxygen atoms in total. The van der Waals surface area contributed by atoms with Gasteiger partial charge in [0.05, 0.1) is 12.9 Å². The average Bonchev–Trinajstić information content (AvgIpc) is 3.61. The van der Waals surface area contributed by atoms with Gasteiger partial charge in [0.15, 0.2) is 5.16 Å². The van der Waals surface area contributed by atoms with E-state index in [1.165, 1.54) is 11.8 Å². The molecular weight excluding hydrogens is 432 g/mol. The van der Waals surface area contributed by atoms with Crippen LogP contribution in [-0.2, 0) is 11.3 Å². The summed E-state index contributed by atoms with van der Waals surface area (Å²) in [4.78, 5) is 14.7. The smallest absolute Gasteiger partial charge is 0.233 e. The first-order chi connectivity index (χ1) is 16.1. The molecule has 4 aromatic rings. The van der Waals surface area contributed by atoms with Crippen LogP contribution in [0.25, 0.3) is 16.5 Å². The number of hydrogen-bond donors (Lipinski definition) is 0. The van der Waals surface area contributed by atoms with E-state index in [-0.39, 0.29) is 5.91 Å². The van der Waals surface area contributed by atoms with E-state index < -0.39 is 0 Å². The first kappa shape index (κ1) is 21.5. The largest absolute Gasteiger partial charge is 0.497 e. The van der Waals surface area contributed by atoms with Crippen LogP contribution in [0.5, 0.6) is 5.75 Å². The van der Waals surface area contributed by atoms with E-state index >= 15 is 0 Å². The van der Waals surface area contributed by atoms with Gasteiger partial charge in [-0.05, 0) is 59.5 Å². The second kappa shape index (κ2) is 9.27. The number of fused-ring (bicyclic) bond motifs is 1. The molecule has 0 saturated heterocycles. The molecule has 33 heavy (non-hydrogen) atoms. The van der Waals surface area contributed by atoms with Gasteiger partial charge in [0.25, 0.3) is 0 Å². The molecule has 1 saturated carbocycles. The van der Waals surface area contributed by atoms with E-state index in [9.17, 15) is 4.79 Å². The van der Waals surface area contributed by atoms with Crippen molar-refractivity contribution < 1.29 is 9.53 Å². The molecule has 1 heterocycles. The third kappa shape index (κ3) is 4.73. The predicted octanol–water partition coefficient (Wildman–Crippen LogP) is 5.06. The van der Waals surface area contributed by atoms with Gasteiger partial charge in [-0.3, -0.25) is 9.36 Å². The Labute approximate surface area is 197 Å². The topological polar surface area (TPSA) is 60.2 Å². The predicted molar refractivity (Wildman–Crippen MR) is 131 cm³/mol. The van der Waals surface area contributed by atoms with Crippen LogP contribution in [0.3, 0.4) is 0 Å². The maximum Gasteiger partial charge on any atom is 0.233 e. The summed E-state index contributed by atoms with van der Waals surface area (Å²) in [5, 5.41) is 11.9. The summed E-state index contributed by atoms with van der Waals surface area (Å²) in [5.74, 6) is 2.69. The van der Waals surface area contributed by atoms with Crippen molar-refractivity contribution in [2.45, 2.75) is 30.5 Å². The Hall–Kier alpha value is -3.32. The molecule has 1 aliphatic carbocycles. The molecule has 3 aromatic carbocycles. The van der Waals surface area contributed by atoms with E-state index in [0.29, 0.717) is 18.2 Å². The van der Waals surface area contributed by atoms with Crippen LogP contribution in [0, 0.1) is 0 Å². The average molecular weight is 459 g/mol. The van der Waals surface area contributed by atoms with Crippen molar-refractivity contribution in [3.8, 4) is 11.4 Å². The minimum absolute atomic E-state index is 0.0606. The molecule has 1 amide bonds. The van der Waals surface area contributed by atoms with E-state index in [4.69, 9.17) is 4.74 Å². The van der Waals surface area contributed by atoms with Crippen LogP contribution in [0.15, 0.2) is 71.9 Å². The third-order valence-electron chi connectivity index (χ3n) is 5.90. The Kier molecular flexibility index (Phi) is 6.05. The summed E-state index contributed by atoms with van der Waals surface area (Å²) in [6.45, 7) is 0.556. The van der Waals surface area contributed by atoms with E-state index in [1.807, 2.05) is 43.4 Å². The van der Waals surface area contributed by atoms with Gasteiger partial charge in [-0.2, -0.15) is 0 Å². The summed E-state index contributed by atoms with van der Waals surface area (Å²) >= 11 is 1.45. The number of hydrogen-bond acceptors (Lipinski definition) is 5. The van der Waals surface area contributed by atoms with Crippen molar-refractivity contribution in [1.29, 1.82) is 0 Å². The number of ether oxygens (including phenoxy) is 1. The number of aromatic nitrogens is 3. The van der Waals surface area contributed by atoms with Crippen LogP contribution in [-0.4, -0.2) is 45.5 Å². The Morgan fingerprint density at radius 3 is 2.58 bits per heavy atom. The molecule has 0 spiro atoms. The number of amides is 1. The number of carbonyl (C=O) groups is 1. The minimum atomic E-state index is 0.0606. The number of para-hydroxylation sites is 1. The minimum Gasteiger partial charge on any atom is -0.497 e. The highest BCUT2D eigenvalue weighted by molar-refractivity contribution is 7.99. The first-order valence-corrected chi connectivity index (χ1v) is 12.0. The number of nitrogens with zero attached hydrogens (tertiary/aromatic N) is 4. The number of methoxy groups -OCH3 is 1. The van der Waals surface area contributed by atoms with Crippen LogP contribution in [0.1, 0.15) is 30.1 Å². The van der Waals surface area contributed by atoms with E-state index in [1.54, 1.807) is 12.0 Å². The van der Waals surface area contributed by atoms with Crippen LogP contribution < -0.4 is 4.74 Å². The lowest BCUT2D eigenvalue weighted by Gasteiger charge is -2.18. The van der Waals surface area contributed by atoms with Crippen molar-refractivity contribution in [2.24, 2.45) is 0 Å². The maximum absolute atomic E-state index is 12.9. The summed E-state index contributed by atoms with van der Waals surface area (Å²) in [6.07, 6.45) is 2.30. The summed E-state index contributed by atoms with van der Waals surface area (Å²) < 4.78 is 7.40. The van der Waals surface area contributed by atoms with Gasteiger partial charge in [0.1, 0.15) is 11.6 Å². The molecular formula is C26H26N4O2S. The van der Waals surface area contributed by atoms with Crippen molar-refractivity contribution in [2.75, 3.05) is 19.9 Å². The fourth-order valence-electron chi connectivity index (χ4n) is 3.90. The SMILES string of the molecule is COc1ccc2cc(CN(C)C(=O)CSc3nnc(C4CC4)n3-c3ccccc3)ccc2c1. The Bertz CT molecular complexity index is 1280. The zero-order chi connectivity index (χ0) is 22.8. The summed E-state index contributed by atoms with van der Waals surface area (Å²) in [7, 11) is 3.52. The molecule has 0 aliphatic heterocycles. The monoisotopic (exact) mass is 458 g/mol. The Balaban J connectivity index is 1.26. The molecule has 168 valence electrons. The molecule has 1 aliphatic rings. The lowest BCUT2D eigenvalue weighted by Crippen LogP contribution is -2.27. The second-order valence-electron chi connectivity index (χ2n) is 8.37. The molecule has 0 radical (unpaired) electrons. The fraction of sp³-hybridized carbons (Fsp3) is 0.269. The molecule has 7 heteroatoms. The highest BCUT2D eigenvalue weighted by Gasteiger charge is 2.31. The normalized spacial score (nSPS) is 13.3. The molecule has 1 aromatic heterocycles. The maximum atomic E-state index is 12.9. The summed E-state index contributed by atoms with van der Waals surface area (Å²) in [6, 6.07) is 22.4. The van der Waals surface area contributed by atoms with Gasteiger partial charge in [-0.15, -0.1) is 10.2 Å². The van der Waals surface area contributed by atoms with E-state index in [0.717, 1.165) is 51.6 Å². The van der Waals surface area contributed by atoms with E-state index in [2.05, 4.69) is 45.1 Å². The van der Waals surface area contributed by atoms with Gasteiger partial charge in [0.2, 0.25) is 5.91 Å². The van der Waals surface area contributed by atoms with Crippen LogP contribution in [0.2, 0.25) is 0 Å². The number of benzene rings is 3. The first-order valence-electron chi connectivity index (χ1n) is 11.1. The highest BCUT2D eigenvalue weighted by Crippen LogP contribution is 2.41. The van der Waals surface area contributed by atoms with Crippen LogP contribution in [0.4, 0.5) is 0 Å². The van der Waals surface area contributed by atoms with Gasteiger partial charge in [0, 0.05) is 25.2 Å². The zero-order valence-corrected chi connectivity index (χ0v) is 19.6. The number of thioether (sulfide) groups is 1. The van der Waals surface area contributed by atoms with Crippen molar-refractivity contribution in [3.05, 3.63) is 78.1 Å². The van der Waals surface area contributed by atoms with Crippen molar-refractivity contribution in [3.63, 3.8) is 0 Å². The highest BCUT2D eigenvalue weighted by atomic mass is 32.2. The summed E-state index contributed by atoms with van der Waals surface area (Å²) in [5.41, 5.74) is 2.14. The standard InChI is InChI=1S/C26H26N4O2S/c1-29(16-18-8-9-21-15-23(32-2)13-12-20(21)14-18)24(31)17-33-26-28-27-25(19-10-11-19)30(26)22-6-4-3-5-7-22/h3-9,12-15,19H,10-11,16-17H2,1-2H3. The lowest BCUT2D eigenvalue weighted by atomic mass is 10.1. The molecule has 0 atom stereocenters. The molecule has 0 bridgehead atoms. The Morgan fingerprint density at radius 1 is 1.06 bits per heavy atom. The van der Waals surface area contributed by atoms with Gasteiger partial charge in [-0.25, -0.2) is 0 Å². The number of carbonyl (C=O) groups excluding carboxylic acids is 1. The van der Waals surface area contributed by atoms with Gasteiger partial charge < -0.3 is 9.64 Å². The third-order valence-corrected chi connectivity index (χ3v) is 6.81. The molecule has 0 unspecified atom stereocenters. The molecule has 1 fully saturated rings.